The summed E-state index contributed by atoms with van der Waals surface area (Å²) in [4.78, 5) is 12.1. The van der Waals surface area contributed by atoms with Gasteiger partial charge in [0.05, 0.1) is 11.6 Å². The Morgan fingerprint density at radius 2 is 2.16 bits per heavy atom. The summed E-state index contributed by atoms with van der Waals surface area (Å²) in [5, 5.41) is 2.95. The molecule has 1 aromatic carbocycles. The summed E-state index contributed by atoms with van der Waals surface area (Å²) < 4.78 is 5.90. The van der Waals surface area contributed by atoms with Crippen molar-refractivity contribution in [3.8, 4) is 5.75 Å². The molecule has 0 spiro atoms. The Bertz CT molecular complexity index is 435. The molecule has 19 heavy (non-hydrogen) atoms. The van der Waals surface area contributed by atoms with Crippen molar-refractivity contribution in [2.24, 2.45) is 11.7 Å². The number of rotatable bonds is 6. The molecule has 3 N–H and O–H groups in total. The minimum Gasteiger partial charge on any atom is -0.496 e. The van der Waals surface area contributed by atoms with E-state index in [-0.39, 0.29) is 11.9 Å². The van der Waals surface area contributed by atoms with Crippen molar-refractivity contribution in [3.63, 3.8) is 0 Å². The van der Waals surface area contributed by atoms with Gasteiger partial charge in [-0.3, -0.25) is 4.79 Å². The van der Waals surface area contributed by atoms with Gasteiger partial charge >= 0.3 is 0 Å². The van der Waals surface area contributed by atoms with Crippen LogP contribution in [0.1, 0.15) is 30.6 Å². The van der Waals surface area contributed by atoms with Gasteiger partial charge in [-0.2, -0.15) is 0 Å². The number of ether oxygens (including phenoxy) is 1. The number of benzene rings is 1. The molecular formula is C14H21BrN2O2. The van der Waals surface area contributed by atoms with Crippen molar-refractivity contribution in [2.45, 2.75) is 26.3 Å². The molecule has 1 rings (SSSR count). The van der Waals surface area contributed by atoms with Gasteiger partial charge in [-0.25, -0.2) is 0 Å². The van der Waals surface area contributed by atoms with Gasteiger partial charge in [-0.05, 0) is 46.5 Å². The first-order valence-corrected chi connectivity index (χ1v) is 7.11. The fourth-order valence-electron chi connectivity index (χ4n) is 1.86. The molecule has 4 nitrogen and oxygen atoms in total. The minimum absolute atomic E-state index is 0.00776. The quantitative estimate of drug-likeness (QED) is 0.843. The van der Waals surface area contributed by atoms with Gasteiger partial charge in [0.25, 0.3) is 5.91 Å². The molecule has 0 heterocycles. The van der Waals surface area contributed by atoms with Crippen molar-refractivity contribution in [2.75, 3.05) is 13.7 Å². The maximum atomic E-state index is 12.1. The number of halogens is 1. The van der Waals surface area contributed by atoms with Crippen LogP contribution < -0.4 is 15.8 Å². The summed E-state index contributed by atoms with van der Waals surface area (Å²) in [6, 6.07) is 5.26. The predicted octanol–water partition coefficient (Wildman–Crippen LogP) is 2.56. The Labute approximate surface area is 122 Å². The Balaban J connectivity index is 2.74. The van der Waals surface area contributed by atoms with E-state index in [1.54, 1.807) is 25.3 Å². The van der Waals surface area contributed by atoms with Crippen molar-refractivity contribution in [3.05, 3.63) is 28.2 Å². The summed E-state index contributed by atoms with van der Waals surface area (Å²) in [6.07, 6.45) is 0.875. The number of amides is 1. The zero-order valence-electron chi connectivity index (χ0n) is 11.6. The molecule has 0 fully saturated rings. The highest BCUT2D eigenvalue weighted by molar-refractivity contribution is 9.10. The molecule has 0 radical (unpaired) electrons. The van der Waals surface area contributed by atoms with Crippen molar-refractivity contribution >= 4 is 21.8 Å². The molecular weight excluding hydrogens is 308 g/mol. The molecule has 1 unspecified atom stereocenters. The second-order valence-corrected chi connectivity index (χ2v) is 5.74. The number of nitrogens with two attached hydrogens (primary N) is 1. The summed E-state index contributed by atoms with van der Waals surface area (Å²) in [5.41, 5.74) is 6.27. The third kappa shape index (κ3) is 4.84. The number of carbonyl (C=O) groups is 1. The molecule has 0 saturated carbocycles. The van der Waals surface area contributed by atoms with Gasteiger partial charge in [-0.1, -0.05) is 13.8 Å². The van der Waals surface area contributed by atoms with Crippen LogP contribution in [0.5, 0.6) is 5.75 Å². The highest BCUT2D eigenvalue weighted by Crippen LogP contribution is 2.25. The van der Waals surface area contributed by atoms with Crippen molar-refractivity contribution in [1.29, 1.82) is 0 Å². The van der Waals surface area contributed by atoms with Gasteiger partial charge in [0.1, 0.15) is 5.75 Å². The first kappa shape index (κ1) is 16.0. The molecule has 1 atom stereocenters. The van der Waals surface area contributed by atoms with E-state index in [0.29, 0.717) is 23.8 Å². The second-order valence-electron chi connectivity index (χ2n) is 4.88. The van der Waals surface area contributed by atoms with Crippen molar-refractivity contribution in [1.82, 2.24) is 5.32 Å². The first-order valence-electron chi connectivity index (χ1n) is 6.32. The Morgan fingerprint density at radius 1 is 1.47 bits per heavy atom. The number of nitrogens with one attached hydrogen (secondary N) is 1. The average molecular weight is 329 g/mol. The Hall–Kier alpha value is -1.07. The van der Waals surface area contributed by atoms with Crippen LogP contribution in [0.3, 0.4) is 0 Å². The van der Waals surface area contributed by atoms with Gasteiger partial charge in [0.2, 0.25) is 0 Å². The van der Waals surface area contributed by atoms with Crippen molar-refractivity contribution < 1.29 is 9.53 Å². The third-order valence-electron chi connectivity index (χ3n) is 2.79. The molecule has 106 valence electrons. The van der Waals surface area contributed by atoms with Crippen LogP contribution in [0.2, 0.25) is 0 Å². The molecule has 0 saturated heterocycles. The van der Waals surface area contributed by atoms with Crippen LogP contribution in [0.15, 0.2) is 22.7 Å². The summed E-state index contributed by atoms with van der Waals surface area (Å²) in [7, 11) is 1.59. The van der Waals surface area contributed by atoms with E-state index in [2.05, 4.69) is 35.1 Å². The lowest BCUT2D eigenvalue weighted by Crippen LogP contribution is -2.41. The smallest absolute Gasteiger partial charge is 0.251 e. The SMILES string of the molecule is COc1ccc(C(=O)NC(CN)CC(C)C)cc1Br. The highest BCUT2D eigenvalue weighted by Gasteiger charge is 2.14. The number of methoxy groups -OCH3 is 1. The van der Waals surface area contributed by atoms with E-state index in [1.165, 1.54) is 0 Å². The first-order chi connectivity index (χ1) is 8.97. The van der Waals surface area contributed by atoms with E-state index in [1.807, 2.05) is 0 Å². The van der Waals surface area contributed by atoms with E-state index in [9.17, 15) is 4.79 Å². The van der Waals surface area contributed by atoms with Gasteiger partial charge in [-0.15, -0.1) is 0 Å². The van der Waals surface area contributed by atoms with E-state index < -0.39 is 0 Å². The topological polar surface area (TPSA) is 64.3 Å². The monoisotopic (exact) mass is 328 g/mol. The maximum absolute atomic E-state index is 12.1. The molecule has 0 aromatic heterocycles. The molecule has 0 bridgehead atoms. The standard InChI is InChI=1S/C14H21BrN2O2/c1-9(2)6-11(8-16)17-14(18)10-4-5-13(19-3)12(15)7-10/h4-5,7,9,11H,6,8,16H2,1-3H3,(H,17,18). The van der Waals surface area contributed by atoms with Crippen LogP contribution in [0.25, 0.3) is 0 Å². The van der Waals surface area contributed by atoms with E-state index in [4.69, 9.17) is 10.5 Å². The van der Waals surface area contributed by atoms with Crippen LogP contribution in [-0.2, 0) is 0 Å². The molecule has 0 aliphatic heterocycles. The zero-order chi connectivity index (χ0) is 14.4. The fraction of sp³-hybridized carbons (Fsp3) is 0.500. The van der Waals surface area contributed by atoms with Gasteiger partial charge in [0, 0.05) is 18.2 Å². The molecule has 1 aromatic rings. The molecule has 0 aliphatic carbocycles. The summed E-state index contributed by atoms with van der Waals surface area (Å²) >= 11 is 3.37. The van der Waals surface area contributed by atoms with Gasteiger partial charge < -0.3 is 15.8 Å². The summed E-state index contributed by atoms with van der Waals surface area (Å²) in [5.74, 6) is 1.09. The van der Waals surface area contributed by atoms with Crippen LogP contribution in [0, 0.1) is 5.92 Å². The molecule has 5 heteroatoms. The number of hydrogen-bond acceptors (Lipinski definition) is 3. The lowest BCUT2D eigenvalue weighted by molar-refractivity contribution is 0.0933. The molecule has 0 aliphatic rings. The number of carbonyl (C=O) groups excluding carboxylic acids is 1. The second kappa shape index (κ2) is 7.50. The molecule has 1 amide bonds. The normalized spacial score (nSPS) is 12.3. The van der Waals surface area contributed by atoms with Crippen LogP contribution in [0.4, 0.5) is 0 Å². The summed E-state index contributed by atoms with van der Waals surface area (Å²) in [6.45, 7) is 4.67. The Morgan fingerprint density at radius 3 is 2.63 bits per heavy atom. The maximum Gasteiger partial charge on any atom is 0.251 e. The lowest BCUT2D eigenvalue weighted by atomic mass is 10.0. The van der Waals surface area contributed by atoms with Crippen LogP contribution >= 0.6 is 15.9 Å². The zero-order valence-corrected chi connectivity index (χ0v) is 13.2. The average Bonchev–Trinajstić information content (AvgIpc) is 2.37. The predicted molar refractivity (Wildman–Crippen MR) is 80.5 cm³/mol. The van der Waals surface area contributed by atoms with E-state index >= 15 is 0 Å². The third-order valence-corrected chi connectivity index (χ3v) is 3.41. The largest absolute Gasteiger partial charge is 0.496 e. The number of hydrogen-bond donors (Lipinski definition) is 2. The van der Waals surface area contributed by atoms with Crippen LogP contribution in [-0.4, -0.2) is 25.6 Å². The van der Waals surface area contributed by atoms with Gasteiger partial charge in [0.15, 0.2) is 0 Å². The minimum atomic E-state index is -0.112. The fourth-order valence-corrected chi connectivity index (χ4v) is 2.40. The highest BCUT2D eigenvalue weighted by atomic mass is 79.9. The van der Waals surface area contributed by atoms with E-state index in [0.717, 1.165) is 10.9 Å². The lowest BCUT2D eigenvalue weighted by Gasteiger charge is -2.19. The Kier molecular flexibility index (Phi) is 6.31.